The number of thioether (sulfide) groups is 1. The zero-order chi connectivity index (χ0) is 24.4. The molecule has 0 saturated heterocycles. The minimum absolute atomic E-state index is 0.0187. The average Bonchev–Trinajstić information content (AvgIpc) is 2.82. The molecule has 9 heteroatoms. The number of ether oxygens (including phenoxy) is 1. The van der Waals surface area contributed by atoms with Crippen molar-refractivity contribution in [2.24, 2.45) is 0 Å². The molecule has 1 N–H and O–H groups in total. The van der Waals surface area contributed by atoms with Crippen LogP contribution >= 0.6 is 11.8 Å². The summed E-state index contributed by atoms with van der Waals surface area (Å²) in [6.07, 6.45) is 0.799. The van der Waals surface area contributed by atoms with Gasteiger partial charge in [-0.1, -0.05) is 31.2 Å². The molecule has 2 aromatic rings. The molecular formula is C24H31N3O5S. The molecular weight excluding hydrogens is 442 g/mol. The SMILES string of the molecule is CC[C@@H](C)NC(=O)[C@@H](C)N(Cc1cccc(OC)c1)C(=O)CSCc1ccc([N+](=O)[O-])cc1. The molecule has 0 aliphatic heterocycles. The van der Waals surface area contributed by atoms with Gasteiger partial charge in [-0.2, -0.15) is 0 Å². The Morgan fingerprint density at radius 1 is 1.15 bits per heavy atom. The maximum atomic E-state index is 13.1. The number of carbonyl (C=O) groups is 2. The van der Waals surface area contributed by atoms with Crippen LogP contribution in [0.25, 0.3) is 0 Å². The van der Waals surface area contributed by atoms with Crippen molar-refractivity contribution in [2.45, 2.75) is 51.6 Å². The predicted octanol–water partition coefficient (Wildman–Crippen LogP) is 4.17. The summed E-state index contributed by atoms with van der Waals surface area (Å²) in [7, 11) is 1.58. The number of hydrogen-bond acceptors (Lipinski definition) is 6. The van der Waals surface area contributed by atoms with Crippen LogP contribution in [0.2, 0.25) is 0 Å². The van der Waals surface area contributed by atoms with Crippen molar-refractivity contribution in [1.82, 2.24) is 10.2 Å². The van der Waals surface area contributed by atoms with E-state index in [-0.39, 0.29) is 35.8 Å². The van der Waals surface area contributed by atoms with Crippen LogP contribution in [-0.2, 0) is 21.9 Å². The Hall–Kier alpha value is -3.07. The number of nitrogens with one attached hydrogen (secondary N) is 1. The average molecular weight is 474 g/mol. The number of methoxy groups -OCH3 is 1. The fourth-order valence-electron chi connectivity index (χ4n) is 3.07. The Bertz CT molecular complexity index is 951. The van der Waals surface area contributed by atoms with Crippen LogP contribution in [0.5, 0.6) is 5.75 Å². The van der Waals surface area contributed by atoms with E-state index in [1.54, 1.807) is 31.1 Å². The van der Waals surface area contributed by atoms with E-state index in [0.29, 0.717) is 11.5 Å². The van der Waals surface area contributed by atoms with Crippen LogP contribution in [0.4, 0.5) is 5.69 Å². The standard InChI is InChI=1S/C24H31N3O5S/c1-5-17(2)25-24(29)18(3)26(14-20-7-6-8-22(13-20)32-4)23(28)16-33-15-19-9-11-21(12-10-19)27(30)31/h6-13,17-18H,5,14-16H2,1-4H3,(H,25,29)/t17-,18-/m1/s1. The first-order valence-electron chi connectivity index (χ1n) is 10.8. The number of amides is 2. The van der Waals surface area contributed by atoms with Crippen molar-refractivity contribution in [3.05, 3.63) is 69.8 Å². The zero-order valence-electron chi connectivity index (χ0n) is 19.4. The molecule has 0 spiro atoms. The lowest BCUT2D eigenvalue weighted by Gasteiger charge is -2.29. The van der Waals surface area contributed by atoms with E-state index in [9.17, 15) is 19.7 Å². The molecule has 178 valence electrons. The number of hydrogen-bond donors (Lipinski definition) is 1. The van der Waals surface area contributed by atoms with Crippen molar-refractivity contribution in [3.8, 4) is 5.75 Å². The molecule has 33 heavy (non-hydrogen) atoms. The van der Waals surface area contributed by atoms with Gasteiger partial charge in [0.25, 0.3) is 5.69 Å². The number of nitro groups is 1. The smallest absolute Gasteiger partial charge is 0.269 e. The summed E-state index contributed by atoms with van der Waals surface area (Å²) < 4.78 is 5.28. The lowest BCUT2D eigenvalue weighted by atomic mass is 10.1. The van der Waals surface area contributed by atoms with Gasteiger partial charge in [0.05, 0.1) is 17.8 Å². The number of nitrogens with zero attached hydrogens (tertiary/aromatic N) is 2. The van der Waals surface area contributed by atoms with Crippen molar-refractivity contribution in [3.63, 3.8) is 0 Å². The first-order chi connectivity index (χ1) is 15.7. The van der Waals surface area contributed by atoms with Gasteiger partial charge in [-0.15, -0.1) is 11.8 Å². The number of non-ortho nitro benzene ring substituents is 1. The molecule has 0 fully saturated rings. The first kappa shape index (κ1) is 26.2. The number of rotatable bonds is 12. The van der Waals surface area contributed by atoms with Gasteiger partial charge in [0.2, 0.25) is 11.8 Å². The second-order valence-corrected chi connectivity index (χ2v) is 8.77. The lowest BCUT2D eigenvalue weighted by Crippen LogP contribution is -2.50. The number of carbonyl (C=O) groups excluding carboxylic acids is 2. The van der Waals surface area contributed by atoms with E-state index < -0.39 is 11.0 Å². The van der Waals surface area contributed by atoms with Gasteiger partial charge in [0.15, 0.2) is 0 Å². The van der Waals surface area contributed by atoms with Crippen LogP contribution in [0.1, 0.15) is 38.3 Å². The summed E-state index contributed by atoms with van der Waals surface area (Å²) in [6, 6.07) is 13.1. The quantitative estimate of drug-likeness (QED) is 0.367. The van der Waals surface area contributed by atoms with E-state index in [1.165, 1.54) is 23.9 Å². The van der Waals surface area contributed by atoms with E-state index in [4.69, 9.17) is 4.74 Å². The number of benzene rings is 2. The summed E-state index contributed by atoms with van der Waals surface area (Å²) in [5.41, 5.74) is 1.79. The summed E-state index contributed by atoms with van der Waals surface area (Å²) in [4.78, 5) is 37.8. The topological polar surface area (TPSA) is 102 Å². The van der Waals surface area contributed by atoms with Gasteiger partial charge >= 0.3 is 0 Å². The van der Waals surface area contributed by atoms with Crippen LogP contribution in [-0.4, -0.2) is 46.6 Å². The third-order valence-corrected chi connectivity index (χ3v) is 6.29. The molecule has 2 rings (SSSR count). The number of nitro benzene ring substituents is 1. The second-order valence-electron chi connectivity index (χ2n) is 7.78. The molecule has 0 aromatic heterocycles. The lowest BCUT2D eigenvalue weighted by molar-refractivity contribution is -0.384. The fraction of sp³-hybridized carbons (Fsp3) is 0.417. The van der Waals surface area contributed by atoms with E-state index in [1.807, 2.05) is 38.1 Å². The molecule has 8 nitrogen and oxygen atoms in total. The van der Waals surface area contributed by atoms with Gasteiger partial charge in [-0.25, -0.2) is 0 Å². The molecule has 0 unspecified atom stereocenters. The van der Waals surface area contributed by atoms with Crippen molar-refractivity contribution in [2.75, 3.05) is 12.9 Å². The van der Waals surface area contributed by atoms with Gasteiger partial charge in [-0.05, 0) is 43.5 Å². The molecule has 0 radical (unpaired) electrons. The van der Waals surface area contributed by atoms with Gasteiger partial charge < -0.3 is 15.0 Å². The molecule has 0 aliphatic rings. The summed E-state index contributed by atoms with van der Waals surface area (Å²) >= 11 is 1.41. The van der Waals surface area contributed by atoms with Crippen LogP contribution < -0.4 is 10.1 Å². The summed E-state index contributed by atoms with van der Waals surface area (Å²) in [5, 5.41) is 13.7. The summed E-state index contributed by atoms with van der Waals surface area (Å²) in [6.45, 7) is 5.93. The molecule has 0 saturated carbocycles. The first-order valence-corrected chi connectivity index (χ1v) is 11.9. The highest BCUT2D eigenvalue weighted by molar-refractivity contribution is 7.99. The Labute approximate surface area is 198 Å². The molecule has 2 atom stereocenters. The normalized spacial score (nSPS) is 12.5. The van der Waals surface area contributed by atoms with Gasteiger partial charge in [-0.3, -0.25) is 19.7 Å². The highest BCUT2D eigenvalue weighted by Gasteiger charge is 2.26. The maximum absolute atomic E-state index is 13.1. The fourth-order valence-corrected chi connectivity index (χ4v) is 3.94. The highest BCUT2D eigenvalue weighted by Crippen LogP contribution is 2.20. The van der Waals surface area contributed by atoms with Gasteiger partial charge in [0, 0.05) is 30.5 Å². The van der Waals surface area contributed by atoms with Crippen molar-refractivity contribution >= 4 is 29.3 Å². The van der Waals surface area contributed by atoms with E-state index in [0.717, 1.165) is 17.5 Å². The Morgan fingerprint density at radius 3 is 2.45 bits per heavy atom. The minimum Gasteiger partial charge on any atom is -0.497 e. The molecule has 2 amide bonds. The third-order valence-electron chi connectivity index (χ3n) is 5.30. The van der Waals surface area contributed by atoms with Crippen molar-refractivity contribution < 1.29 is 19.2 Å². The Kier molecular flexibility index (Phi) is 10.2. The highest BCUT2D eigenvalue weighted by atomic mass is 32.2. The van der Waals surface area contributed by atoms with Crippen LogP contribution in [0.15, 0.2) is 48.5 Å². The van der Waals surface area contributed by atoms with Gasteiger partial charge in [0.1, 0.15) is 11.8 Å². The monoisotopic (exact) mass is 473 g/mol. The Morgan fingerprint density at radius 2 is 1.85 bits per heavy atom. The minimum atomic E-state index is -0.641. The molecule has 0 bridgehead atoms. The summed E-state index contributed by atoms with van der Waals surface area (Å²) in [5.74, 6) is 1.05. The molecule has 2 aromatic carbocycles. The van der Waals surface area contributed by atoms with Crippen LogP contribution in [0, 0.1) is 10.1 Å². The van der Waals surface area contributed by atoms with E-state index >= 15 is 0 Å². The Balaban J connectivity index is 2.08. The zero-order valence-corrected chi connectivity index (χ0v) is 20.3. The maximum Gasteiger partial charge on any atom is 0.269 e. The second kappa shape index (κ2) is 12.8. The largest absolute Gasteiger partial charge is 0.497 e. The van der Waals surface area contributed by atoms with E-state index in [2.05, 4.69) is 5.32 Å². The molecule has 0 heterocycles. The van der Waals surface area contributed by atoms with Crippen molar-refractivity contribution in [1.29, 1.82) is 0 Å². The molecule has 0 aliphatic carbocycles. The predicted molar refractivity (Wildman–Crippen MR) is 130 cm³/mol. The third kappa shape index (κ3) is 8.09. The van der Waals surface area contributed by atoms with Crippen LogP contribution in [0.3, 0.4) is 0 Å².